The molecule has 5 nitrogen and oxygen atoms in total. The predicted octanol–water partition coefficient (Wildman–Crippen LogP) is 3.97. The van der Waals surface area contributed by atoms with Crippen LogP contribution in [0.2, 0.25) is 0 Å². The van der Waals surface area contributed by atoms with Gasteiger partial charge in [0.2, 0.25) is 10.0 Å². The van der Waals surface area contributed by atoms with Crippen LogP contribution in [0, 0.1) is 0 Å². The van der Waals surface area contributed by atoms with E-state index < -0.39 is 10.0 Å². The van der Waals surface area contributed by atoms with Crippen molar-refractivity contribution in [3.8, 4) is 0 Å². The van der Waals surface area contributed by atoms with Gasteiger partial charge in [-0.25, -0.2) is 13.4 Å². The molecule has 0 fully saturated rings. The van der Waals surface area contributed by atoms with Crippen LogP contribution >= 0.6 is 11.8 Å². The van der Waals surface area contributed by atoms with Crippen molar-refractivity contribution in [3.05, 3.63) is 66.2 Å². The molecule has 0 aliphatic rings. The highest BCUT2D eigenvalue weighted by molar-refractivity contribution is 8.00. The van der Waals surface area contributed by atoms with Crippen LogP contribution in [0.3, 0.4) is 0 Å². The van der Waals surface area contributed by atoms with E-state index in [1.165, 1.54) is 11.8 Å². The van der Waals surface area contributed by atoms with Gasteiger partial charge in [0.25, 0.3) is 0 Å². The number of thioether (sulfide) groups is 1. The maximum absolute atomic E-state index is 12.6. The number of nitrogens with one attached hydrogen (secondary N) is 1. The average Bonchev–Trinajstić information content (AvgIpc) is 2.60. The van der Waals surface area contributed by atoms with Crippen LogP contribution in [0.15, 0.2) is 65.7 Å². The lowest BCUT2D eigenvalue weighted by atomic mass is 10.1. The van der Waals surface area contributed by atoms with Crippen molar-refractivity contribution in [2.24, 2.45) is 0 Å². The minimum Gasteiger partial charge on any atom is -0.293 e. The lowest BCUT2D eigenvalue weighted by molar-refractivity contribution is 0.0994. The van der Waals surface area contributed by atoms with Gasteiger partial charge in [-0.2, -0.15) is 0 Å². The molecule has 0 amide bonds. The maximum Gasteiger partial charge on any atom is 0.229 e. The molecule has 0 aliphatic carbocycles. The van der Waals surface area contributed by atoms with Gasteiger partial charge in [-0.3, -0.25) is 9.52 Å². The Hall–Kier alpha value is -2.38. The van der Waals surface area contributed by atoms with Crippen molar-refractivity contribution in [3.63, 3.8) is 0 Å². The Labute approximate surface area is 156 Å². The van der Waals surface area contributed by atoms with Gasteiger partial charge in [0.1, 0.15) is 0 Å². The van der Waals surface area contributed by atoms with Crippen molar-refractivity contribution in [2.45, 2.75) is 17.2 Å². The second-order valence-electron chi connectivity index (χ2n) is 5.92. The highest BCUT2D eigenvalue weighted by Gasteiger charge is 2.17. The van der Waals surface area contributed by atoms with Crippen LogP contribution in [0.4, 0.5) is 5.69 Å². The molecule has 0 spiro atoms. The molecule has 1 unspecified atom stereocenters. The van der Waals surface area contributed by atoms with Crippen molar-refractivity contribution in [1.29, 1.82) is 0 Å². The van der Waals surface area contributed by atoms with E-state index in [-0.39, 0.29) is 11.0 Å². The summed E-state index contributed by atoms with van der Waals surface area (Å²) in [6, 6.07) is 18.2. The Morgan fingerprint density at radius 1 is 1.04 bits per heavy atom. The van der Waals surface area contributed by atoms with Crippen molar-refractivity contribution in [2.75, 3.05) is 11.0 Å². The van der Waals surface area contributed by atoms with Crippen molar-refractivity contribution < 1.29 is 13.2 Å². The smallest absolute Gasteiger partial charge is 0.229 e. The molecule has 3 aromatic rings. The van der Waals surface area contributed by atoms with Gasteiger partial charge >= 0.3 is 0 Å². The number of nitrogens with zero attached hydrogens (tertiary/aromatic N) is 1. The number of hydrogen-bond acceptors (Lipinski definition) is 5. The second-order valence-corrected chi connectivity index (χ2v) is 9.03. The Morgan fingerprint density at radius 2 is 1.73 bits per heavy atom. The summed E-state index contributed by atoms with van der Waals surface area (Å²) in [7, 11) is -3.33. The lowest BCUT2D eigenvalue weighted by Crippen LogP contribution is -2.14. The topological polar surface area (TPSA) is 76.1 Å². The van der Waals surface area contributed by atoms with E-state index in [0.29, 0.717) is 11.3 Å². The summed E-state index contributed by atoms with van der Waals surface area (Å²) < 4.78 is 24.9. The number of fused-ring (bicyclic) bond motifs is 1. The van der Waals surface area contributed by atoms with Gasteiger partial charge in [-0.15, -0.1) is 0 Å². The number of carbonyl (C=O) groups excluding carboxylic acids is 1. The van der Waals surface area contributed by atoms with E-state index in [2.05, 4.69) is 9.71 Å². The average molecular weight is 386 g/mol. The maximum atomic E-state index is 12.6. The lowest BCUT2D eigenvalue weighted by Gasteiger charge is -2.11. The fourth-order valence-electron chi connectivity index (χ4n) is 2.50. The summed E-state index contributed by atoms with van der Waals surface area (Å²) in [6.07, 6.45) is 1.08. The van der Waals surface area contributed by atoms with Gasteiger partial charge in [-0.05, 0) is 43.3 Å². The van der Waals surface area contributed by atoms with Gasteiger partial charge < -0.3 is 0 Å². The fraction of sp³-hybridized carbons (Fsp3) is 0.158. The van der Waals surface area contributed by atoms with Crippen LogP contribution in [0.1, 0.15) is 17.3 Å². The van der Waals surface area contributed by atoms with E-state index >= 15 is 0 Å². The summed E-state index contributed by atoms with van der Waals surface area (Å²) in [5.41, 5.74) is 1.86. The third kappa shape index (κ3) is 4.62. The van der Waals surface area contributed by atoms with Gasteiger partial charge in [0.05, 0.1) is 22.0 Å². The van der Waals surface area contributed by atoms with Crippen molar-refractivity contribution in [1.82, 2.24) is 4.98 Å². The molecule has 7 heteroatoms. The Morgan fingerprint density at radius 3 is 2.42 bits per heavy atom. The third-order valence-corrected chi connectivity index (χ3v) is 5.36. The van der Waals surface area contributed by atoms with Gasteiger partial charge in [-0.1, -0.05) is 36.0 Å². The molecular formula is C19H18N2O3S2. The summed E-state index contributed by atoms with van der Waals surface area (Å²) in [6.45, 7) is 1.84. The number of ketones is 1. The highest BCUT2D eigenvalue weighted by Crippen LogP contribution is 2.26. The first-order valence-electron chi connectivity index (χ1n) is 7.96. The van der Waals surface area contributed by atoms with Crippen LogP contribution in [-0.4, -0.2) is 30.7 Å². The number of rotatable bonds is 6. The van der Waals surface area contributed by atoms with E-state index in [9.17, 15) is 13.2 Å². The molecule has 26 heavy (non-hydrogen) atoms. The first-order valence-corrected chi connectivity index (χ1v) is 10.7. The molecule has 0 saturated carbocycles. The molecule has 134 valence electrons. The standard InChI is InChI=1S/C19H18N2O3S2/c1-13(25-18-12-9-14-5-3-4-6-17(14)20-18)19(22)15-7-10-16(11-8-15)21-26(2,23)24/h3-13,21H,1-2H3. The Balaban J connectivity index is 1.72. The molecule has 1 atom stereocenters. The number of sulfonamides is 1. The number of benzene rings is 2. The number of pyridine rings is 1. The van der Waals surface area contributed by atoms with E-state index in [0.717, 1.165) is 22.2 Å². The summed E-state index contributed by atoms with van der Waals surface area (Å²) >= 11 is 1.40. The van der Waals surface area contributed by atoms with Gasteiger partial charge in [0, 0.05) is 16.6 Å². The SMILES string of the molecule is CC(Sc1ccc2ccccc2n1)C(=O)c1ccc(NS(C)(=O)=O)cc1. The summed E-state index contributed by atoms with van der Waals surface area (Å²) in [5.74, 6) is -0.0316. The number of carbonyl (C=O) groups is 1. The van der Waals surface area contributed by atoms with E-state index in [1.54, 1.807) is 24.3 Å². The largest absolute Gasteiger partial charge is 0.293 e. The minimum absolute atomic E-state index is 0.0316. The molecule has 0 radical (unpaired) electrons. The van der Waals surface area contributed by atoms with Crippen LogP contribution < -0.4 is 4.72 Å². The molecule has 0 bridgehead atoms. The molecule has 1 N–H and O–H groups in total. The molecule has 0 aliphatic heterocycles. The molecule has 2 aromatic carbocycles. The highest BCUT2D eigenvalue weighted by atomic mass is 32.2. The van der Waals surface area contributed by atoms with Crippen molar-refractivity contribution >= 4 is 44.2 Å². The quantitative estimate of drug-likeness (QED) is 0.512. The first kappa shape index (κ1) is 18.4. The van der Waals surface area contributed by atoms with Crippen LogP contribution in [-0.2, 0) is 10.0 Å². The molecule has 0 saturated heterocycles. The summed E-state index contributed by atoms with van der Waals surface area (Å²) in [4.78, 5) is 17.2. The Bertz CT molecular complexity index is 1050. The molecule has 1 heterocycles. The fourth-order valence-corrected chi connectivity index (χ4v) is 3.97. The number of para-hydroxylation sites is 1. The minimum atomic E-state index is -3.33. The number of hydrogen-bond donors (Lipinski definition) is 1. The molecule has 1 aromatic heterocycles. The zero-order valence-electron chi connectivity index (χ0n) is 14.3. The Kier molecular flexibility index (Phi) is 5.29. The predicted molar refractivity (Wildman–Crippen MR) is 106 cm³/mol. The number of anilines is 1. The van der Waals surface area contributed by atoms with Crippen LogP contribution in [0.25, 0.3) is 10.9 Å². The van der Waals surface area contributed by atoms with E-state index in [4.69, 9.17) is 0 Å². The number of aromatic nitrogens is 1. The zero-order chi connectivity index (χ0) is 18.7. The molecule has 3 rings (SSSR count). The third-order valence-electron chi connectivity index (χ3n) is 3.71. The zero-order valence-corrected chi connectivity index (χ0v) is 16.0. The second kappa shape index (κ2) is 7.47. The first-order chi connectivity index (χ1) is 12.3. The number of Topliss-reactive ketones (excluding diaryl/α,β-unsaturated/α-hetero) is 1. The normalized spacial score (nSPS) is 12.7. The van der Waals surface area contributed by atoms with Gasteiger partial charge in [0.15, 0.2) is 5.78 Å². The van der Waals surface area contributed by atoms with Crippen LogP contribution in [0.5, 0.6) is 0 Å². The van der Waals surface area contributed by atoms with E-state index in [1.807, 2.05) is 43.3 Å². The summed E-state index contributed by atoms with van der Waals surface area (Å²) in [5, 5.41) is 1.54. The molecular weight excluding hydrogens is 368 g/mol. The monoisotopic (exact) mass is 386 g/mol.